The molecule has 0 aliphatic carbocycles. The van der Waals surface area contributed by atoms with Crippen molar-refractivity contribution in [3.05, 3.63) is 19.1 Å². The fraction of sp³-hybridized carbons (Fsp3) is 0.667. The second-order valence-electron chi connectivity index (χ2n) is 2.84. The highest BCUT2D eigenvalue weighted by Gasteiger charge is 2.11. The van der Waals surface area contributed by atoms with Gasteiger partial charge in [-0.05, 0) is 39.2 Å². The first-order valence-electron chi connectivity index (χ1n) is 4.11. The van der Waals surface area contributed by atoms with E-state index >= 15 is 0 Å². The molecule has 1 heteroatoms. The van der Waals surface area contributed by atoms with Crippen molar-refractivity contribution in [2.24, 2.45) is 0 Å². The summed E-state index contributed by atoms with van der Waals surface area (Å²) in [5.41, 5.74) is 0. The summed E-state index contributed by atoms with van der Waals surface area (Å²) in [7, 11) is 0. The molecule has 1 rings (SSSR count). The van der Waals surface area contributed by atoms with Gasteiger partial charge < -0.3 is 5.32 Å². The lowest BCUT2D eigenvalue weighted by atomic mass is 10.1. The van der Waals surface area contributed by atoms with E-state index in [1.54, 1.807) is 0 Å². The van der Waals surface area contributed by atoms with Gasteiger partial charge in [0.15, 0.2) is 0 Å². The molecule has 1 radical (unpaired) electrons. The van der Waals surface area contributed by atoms with Gasteiger partial charge >= 0.3 is 0 Å². The Kier molecular flexibility index (Phi) is 3.52. The second kappa shape index (κ2) is 4.51. The van der Waals surface area contributed by atoms with Gasteiger partial charge in [0, 0.05) is 6.04 Å². The molecule has 1 N–H and O–H groups in total. The molecule has 0 spiro atoms. The third-order valence-corrected chi connectivity index (χ3v) is 2.01. The second-order valence-corrected chi connectivity index (χ2v) is 2.84. The molecule has 0 aromatic rings. The van der Waals surface area contributed by atoms with E-state index in [1.165, 1.54) is 32.2 Å². The fourth-order valence-corrected chi connectivity index (χ4v) is 1.42. The van der Waals surface area contributed by atoms with Crippen molar-refractivity contribution in [3.8, 4) is 0 Å². The molecule has 0 aromatic carbocycles. The largest absolute Gasteiger partial charge is 0.314 e. The van der Waals surface area contributed by atoms with Crippen LogP contribution in [-0.2, 0) is 0 Å². The zero-order valence-electron chi connectivity index (χ0n) is 6.47. The van der Waals surface area contributed by atoms with Crippen LogP contribution >= 0.6 is 0 Å². The van der Waals surface area contributed by atoms with Gasteiger partial charge in [-0.3, -0.25) is 0 Å². The Morgan fingerprint density at radius 1 is 1.60 bits per heavy atom. The van der Waals surface area contributed by atoms with Gasteiger partial charge in [-0.25, -0.2) is 0 Å². The summed E-state index contributed by atoms with van der Waals surface area (Å²) in [5.74, 6) is 0. The first kappa shape index (κ1) is 7.80. The normalized spacial score (nSPS) is 26.3. The molecule has 1 fully saturated rings. The van der Waals surface area contributed by atoms with Gasteiger partial charge in [0.25, 0.3) is 0 Å². The maximum Gasteiger partial charge on any atom is 0.00704 e. The zero-order chi connectivity index (χ0) is 7.23. The predicted octanol–water partition coefficient (Wildman–Crippen LogP) is 1.91. The first-order chi connectivity index (χ1) is 4.93. The average molecular weight is 138 g/mol. The number of nitrogens with one attached hydrogen (secondary N) is 1. The SMILES string of the molecule is [CH2]C=CCCC1CCCN1. The van der Waals surface area contributed by atoms with E-state index in [-0.39, 0.29) is 0 Å². The van der Waals surface area contributed by atoms with E-state index in [4.69, 9.17) is 0 Å². The van der Waals surface area contributed by atoms with Gasteiger partial charge in [-0.2, -0.15) is 0 Å². The van der Waals surface area contributed by atoms with Crippen LogP contribution in [0.25, 0.3) is 0 Å². The Morgan fingerprint density at radius 3 is 3.10 bits per heavy atom. The number of allylic oxidation sites excluding steroid dienone is 2. The van der Waals surface area contributed by atoms with Crippen LogP contribution in [0.5, 0.6) is 0 Å². The van der Waals surface area contributed by atoms with E-state index < -0.39 is 0 Å². The van der Waals surface area contributed by atoms with E-state index in [2.05, 4.69) is 18.3 Å². The predicted molar refractivity (Wildman–Crippen MR) is 44.8 cm³/mol. The van der Waals surface area contributed by atoms with E-state index in [0.717, 1.165) is 6.04 Å². The Morgan fingerprint density at radius 2 is 2.50 bits per heavy atom. The molecule has 1 unspecified atom stereocenters. The van der Waals surface area contributed by atoms with Crippen LogP contribution in [0.3, 0.4) is 0 Å². The molecule has 10 heavy (non-hydrogen) atoms. The smallest absolute Gasteiger partial charge is 0.00704 e. The third-order valence-electron chi connectivity index (χ3n) is 2.01. The average Bonchev–Trinajstić information content (AvgIpc) is 2.41. The van der Waals surface area contributed by atoms with Crippen LogP contribution in [0.4, 0.5) is 0 Å². The van der Waals surface area contributed by atoms with Crippen molar-refractivity contribution in [3.63, 3.8) is 0 Å². The molecule has 0 saturated carbocycles. The lowest BCUT2D eigenvalue weighted by molar-refractivity contribution is 0.565. The monoisotopic (exact) mass is 138 g/mol. The Bertz CT molecular complexity index is 101. The molecule has 1 aliphatic heterocycles. The van der Waals surface area contributed by atoms with Crippen molar-refractivity contribution >= 4 is 0 Å². The summed E-state index contributed by atoms with van der Waals surface area (Å²) in [6.07, 6.45) is 9.21. The van der Waals surface area contributed by atoms with Gasteiger partial charge in [0.1, 0.15) is 0 Å². The first-order valence-corrected chi connectivity index (χ1v) is 4.11. The highest BCUT2D eigenvalue weighted by molar-refractivity contribution is 4.86. The van der Waals surface area contributed by atoms with Crippen molar-refractivity contribution in [1.29, 1.82) is 0 Å². The van der Waals surface area contributed by atoms with Crippen molar-refractivity contribution in [2.45, 2.75) is 31.7 Å². The maximum absolute atomic E-state index is 3.65. The molecule has 1 heterocycles. The lowest BCUT2D eigenvalue weighted by Crippen LogP contribution is -2.20. The van der Waals surface area contributed by atoms with Gasteiger partial charge in [-0.15, -0.1) is 0 Å². The minimum Gasteiger partial charge on any atom is -0.314 e. The Labute approximate surface area is 63.5 Å². The molecule has 1 atom stereocenters. The number of hydrogen-bond acceptors (Lipinski definition) is 1. The zero-order valence-corrected chi connectivity index (χ0v) is 6.47. The van der Waals surface area contributed by atoms with Gasteiger partial charge in [0.2, 0.25) is 0 Å². The molecule has 0 amide bonds. The molecule has 0 aromatic heterocycles. The van der Waals surface area contributed by atoms with Gasteiger partial charge in [0.05, 0.1) is 0 Å². The Balaban J connectivity index is 2.01. The van der Waals surface area contributed by atoms with Crippen molar-refractivity contribution in [1.82, 2.24) is 5.32 Å². The van der Waals surface area contributed by atoms with Gasteiger partial charge in [-0.1, -0.05) is 12.2 Å². The molecular weight excluding hydrogens is 122 g/mol. The molecule has 0 bridgehead atoms. The summed E-state index contributed by atoms with van der Waals surface area (Å²) in [5, 5.41) is 3.46. The topological polar surface area (TPSA) is 12.0 Å². The number of hydrogen-bond donors (Lipinski definition) is 1. The molecule has 1 aliphatic rings. The van der Waals surface area contributed by atoms with Crippen LogP contribution in [0.2, 0.25) is 0 Å². The van der Waals surface area contributed by atoms with Crippen LogP contribution in [0.15, 0.2) is 12.2 Å². The summed E-state index contributed by atoms with van der Waals surface area (Å²) in [4.78, 5) is 0. The molecule has 1 saturated heterocycles. The van der Waals surface area contributed by atoms with Crippen LogP contribution in [-0.4, -0.2) is 12.6 Å². The summed E-state index contributed by atoms with van der Waals surface area (Å²) in [6.45, 7) is 4.87. The van der Waals surface area contributed by atoms with Crippen LogP contribution in [0, 0.1) is 6.92 Å². The number of rotatable bonds is 3. The Hall–Kier alpha value is -0.300. The van der Waals surface area contributed by atoms with Crippen molar-refractivity contribution < 1.29 is 0 Å². The van der Waals surface area contributed by atoms with E-state index in [0.29, 0.717) is 0 Å². The molecule has 57 valence electrons. The van der Waals surface area contributed by atoms with E-state index in [9.17, 15) is 0 Å². The summed E-state index contributed by atoms with van der Waals surface area (Å²) >= 11 is 0. The molecule has 1 nitrogen and oxygen atoms in total. The maximum atomic E-state index is 3.65. The summed E-state index contributed by atoms with van der Waals surface area (Å²) in [6, 6.07) is 0.788. The standard InChI is InChI=1S/C9H16N/c1-2-3-4-6-9-7-5-8-10-9/h2-3,9-10H,1,4-8H2. The van der Waals surface area contributed by atoms with Crippen LogP contribution in [0.1, 0.15) is 25.7 Å². The van der Waals surface area contributed by atoms with E-state index in [1.807, 2.05) is 6.08 Å². The quantitative estimate of drug-likeness (QED) is 0.628. The lowest BCUT2D eigenvalue weighted by Gasteiger charge is -2.06. The third kappa shape index (κ3) is 2.53. The highest BCUT2D eigenvalue weighted by atomic mass is 14.9. The minimum atomic E-state index is 0.788. The molecular formula is C9H16N. The fourth-order valence-electron chi connectivity index (χ4n) is 1.42. The van der Waals surface area contributed by atoms with Crippen LogP contribution < -0.4 is 5.32 Å². The summed E-state index contributed by atoms with van der Waals surface area (Å²) < 4.78 is 0. The van der Waals surface area contributed by atoms with Crippen molar-refractivity contribution in [2.75, 3.05) is 6.54 Å². The minimum absolute atomic E-state index is 0.788. The highest BCUT2D eigenvalue weighted by Crippen LogP contribution is 2.10.